The molecule has 6 heteroatoms. The van der Waals surface area contributed by atoms with Gasteiger partial charge in [0.25, 0.3) is 0 Å². The average molecular weight is 293 g/mol. The fraction of sp³-hybridized carbons (Fsp3) is 0.571. The van der Waals surface area contributed by atoms with Crippen molar-refractivity contribution in [2.45, 2.75) is 45.0 Å². The Morgan fingerprint density at radius 2 is 1.65 bits per heavy atom. The highest BCUT2D eigenvalue weighted by Gasteiger charge is 2.35. The van der Waals surface area contributed by atoms with E-state index in [1.54, 1.807) is 0 Å². The van der Waals surface area contributed by atoms with Crippen LogP contribution >= 0.6 is 0 Å². The molecule has 1 atom stereocenters. The standard InChI is InChI=1S/C14H19F4NO/c1-12(2,3)19-8-13(4,20)9-5-6-10(11(15)7-9)14(16,17)18/h5-7,19-20H,8H2,1-4H3. The number of β-amino-alcohol motifs (C(OH)–C–C–N with tert-alkyl or cyclic N) is 1. The van der Waals surface area contributed by atoms with Gasteiger partial charge in [-0.3, -0.25) is 0 Å². The van der Waals surface area contributed by atoms with Gasteiger partial charge in [0, 0.05) is 12.1 Å². The van der Waals surface area contributed by atoms with Crippen LogP contribution in [0.1, 0.15) is 38.8 Å². The maximum absolute atomic E-state index is 13.5. The molecule has 114 valence electrons. The third-order valence-electron chi connectivity index (χ3n) is 2.86. The van der Waals surface area contributed by atoms with Crippen LogP contribution < -0.4 is 5.32 Å². The van der Waals surface area contributed by atoms with E-state index in [1.165, 1.54) is 6.92 Å². The summed E-state index contributed by atoms with van der Waals surface area (Å²) in [6, 6.07) is 2.47. The minimum atomic E-state index is -4.74. The summed E-state index contributed by atoms with van der Waals surface area (Å²) in [4.78, 5) is 0. The van der Waals surface area contributed by atoms with Crippen molar-refractivity contribution in [2.24, 2.45) is 0 Å². The van der Waals surface area contributed by atoms with Gasteiger partial charge in [-0.05, 0) is 45.4 Å². The van der Waals surface area contributed by atoms with Crippen molar-refractivity contribution >= 4 is 0 Å². The number of hydrogen-bond acceptors (Lipinski definition) is 2. The van der Waals surface area contributed by atoms with Crippen LogP contribution in [0.4, 0.5) is 17.6 Å². The molecule has 0 aromatic heterocycles. The summed E-state index contributed by atoms with van der Waals surface area (Å²) in [6.07, 6.45) is -4.74. The van der Waals surface area contributed by atoms with Gasteiger partial charge in [0.2, 0.25) is 0 Å². The second-order valence-electron chi connectivity index (χ2n) is 6.07. The fourth-order valence-electron chi connectivity index (χ4n) is 1.62. The topological polar surface area (TPSA) is 32.3 Å². The lowest BCUT2D eigenvalue weighted by atomic mass is 9.93. The SMILES string of the molecule is CC(C)(C)NCC(C)(O)c1ccc(C(F)(F)F)c(F)c1. The second kappa shape index (κ2) is 5.33. The van der Waals surface area contributed by atoms with Crippen molar-refractivity contribution in [1.29, 1.82) is 0 Å². The molecule has 1 aromatic rings. The van der Waals surface area contributed by atoms with Gasteiger partial charge in [-0.25, -0.2) is 4.39 Å². The largest absolute Gasteiger partial charge is 0.419 e. The molecule has 1 rings (SSSR count). The van der Waals surface area contributed by atoms with Crippen LogP contribution in [0.5, 0.6) is 0 Å². The van der Waals surface area contributed by atoms with Crippen LogP contribution in [-0.4, -0.2) is 17.2 Å². The Kier molecular flexibility index (Phi) is 4.51. The zero-order valence-electron chi connectivity index (χ0n) is 11.9. The molecule has 0 aliphatic heterocycles. The summed E-state index contributed by atoms with van der Waals surface area (Å²) in [5.74, 6) is -1.38. The predicted octanol–water partition coefficient (Wildman–Crippen LogP) is 3.44. The molecule has 1 unspecified atom stereocenters. The van der Waals surface area contributed by atoms with E-state index in [0.717, 1.165) is 12.1 Å². The molecule has 0 aliphatic rings. The quantitative estimate of drug-likeness (QED) is 0.837. The zero-order chi connectivity index (χ0) is 15.8. The minimum Gasteiger partial charge on any atom is -0.384 e. The van der Waals surface area contributed by atoms with Gasteiger partial charge in [0.05, 0.1) is 11.2 Å². The van der Waals surface area contributed by atoms with E-state index < -0.39 is 23.2 Å². The highest BCUT2D eigenvalue weighted by molar-refractivity contribution is 5.30. The smallest absolute Gasteiger partial charge is 0.384 e. The van der Waals surface area contributed by atoms with Crippen LogP contribution in [0.15, 0.2) is 18.2 Å². The van der Waals surface area contributed by atoms with Crippen LogP contribution in [0.3, 0.4) is 0 Å². The second-order valence-corrected chi connectivity index (χ2v) is 6.07. The molecule has 0 fully saturated rings. The number of benzene rings is 1. The van der Waals surface area contributed by atoms with Crippen molar-refractivity contribution in [3.63, 3.8) is 0 Å². The molecule has 0 amide bonds. The van der Waals surface area contributed by atoms with Gasteiger partial charge in [-0.1, -0.05) is 6.07 Å². The molecule has 2 nitrogen and oxygen atoms in total. The van der Waals surface area contributed by atoms with Crippen molar-refractivity contribution in [1.82, 2.24) is 5.32 Å². The first kappa shape index (κ1) is 16.9. The molecule has 0 saturated carbocycles. The lowest BCUT2D eigenvalue weighted by Crippen LogP contribution is -2.44. The van der Waals surface area contributed by atoms with E-state index in [4.69, 9.17) is 0 Å². The molecule has 0 bridgehead atoms. The fourth-order valence-corrected chi connectivity index (χ4v) is 1.62. The van der Waals surface area contributed by atoms with Crippen molar-refractivity contribution in [3.8, 4) is 0 Å². The molecule has 1 aromatic carbocycles. The zero-order valence-corrected chi connectivity index (χ0v) is 11.9. The first-order valence-electron chi connectivity index (χ1n) is 6.17. The van der Waals surface area contributed by atoms with Gasteiger partial charge in [0.15, 0.2) is 0 Å². The van der Waals surface area contributed by atoms with Crippen LogP contribution in [-0.2, 0) is 11.8 Å². The van der Waals surface area contributed by atoms with E-state index in [2.05, 4.69) is 5.32 Å². The molecule has 2 N–H and O–H groups in total. The number of halogens is 4. The minimum absolute atomic E-state index is 0.0970. The van der Waals surface area contributed by atoms with E-state index in [1.807, 2.05) is 20.8 Å². The Morgan fingerprint density at radius 3 is 2.05 bits per heavy atom. The number of nitrogens with one attached hydrogen (secondary N) is 1. The maximum atomic E-state index is 13.5. The van der Waals surface area contributed by atoms with Crippen LogP contribution in [0, 0.1) is 5.82 Å². The Hall–Kier alpha value is -1.14. The van der Waals surface area contributed by atoms with Crippen molar-refractivity contribution < 1.29 is 22.7 Å². The normalized spacial score (nSPS) is 16.1. The van der Waals surface area contributed by atoms with Gasteiger partial charge < -0.3 is 10.4 Å². The monoisotopic (exact) mass is 293 g/mol. The van der Waals surface area contributed by atoms with E-state index in [0.29, 0.717) is 6.07 Å². The molecule has 0 radical (unpaired) electrons. The number of rotatable bonds is 3. The first-order valence-corrected chi connectivity index (χ1v) is 6.17. The lowest BCUT2D eigenvalue weighted by Gasteiger charge is -2.30. The van der Waals surface area contributed by atoms with Crippen LogP contribution in [0.25, 0.3) is 0 Å². The van der Waals surface area contributed by atoms with E-state index >= 15 is 0 Å². The van der Waals surface area contributed by atoms with E-state index in [-0.39, 0.29) is 17.6 Å². The molecule has 0 aliphatic carbocycles. The van der Waals surface area contributed by atoms with Crippen LogP contribution in [0.2, 0.25) is 0 Å². The van der Waals surface area contributed by atoms with Gasteiger partial charge in [-0.2, -0.15) is 13.2 Å². The third kappa shape index (κ3) is 4.45. The molecular formula is C14H19F4NO. The Bertz CT molecular complexity index is 475. The summed E-state index contributed by atoms with van der Waals surface area (Å²) < 4.78 is 50.9. The summed E-state index contributed by atoms with van der Waals surface area (Å²) >= 11 is 0. The Labute approximate surface area is 115 Å². The van der Waals surface area contributed by atoms with E-state index in [9.17, 15) is 22.7 Å². The Balaban J connectivity index is 3.00. The average Bonchev–Trinajstić information content (AvgIpc) is 2.24. The van der Waals surface area contributed by atoms with Crippen molar-refractivity contribution in [2.75, 3.05) is 6.54 Å². The number of alkyl halides is 3. The van der Waals surface area contributed by atoms with Gasteiger partial charge in [-0.15, -0.1) is 0 Å². The number of hydrogen-bond donors (Lipinski definition) is 2. The lowest BCUT2D eigenvalue weighted by molar-refractivity contribution is -0.140. The summed E-state index contributed by atoms with van der Waals surface area (Å²) in [7, 11) is 0. The van der Waals surface area contributed by atoms with Gasteiger partial charge in [0.1, 0.15) is 5.82 Å². The molecule has 0 saturated heterocycles. The summed E-state index contributed by atoms with van der Waals surface area (Å²) in [6.45, 7) is 7.18. The number of aliphatic hydroxyl groups is 1. The molecule has 20 heavy (non-hydrogen) atoms. The van der Waals surface area contributed by atoms with Gasteiger partial charge >= 0.3 is 6.18 Å². The summed E-state index contributed by atoms with van der Waals surface area (Å²) in [5.41, 5.74) is -2.97. The highest BCUT2D eigenvalue weighted by atomic mass is 19.4. The first-order chi connectivity index (χ1) is 8.83. The third-order valence-corrected chi connectivity index (χ3v) is 2.86. The summed E-state index contributed by atoms with van der Waals surface area (Å²) in [5, 5.41) is 13.3. The molecule has 0 heterocycles. The molecule has 0 spiro atoms. The Morgan fingerprint density at radius 1 is 1.10 bits per heavy atom. The van der Waals surface area contributed by atoms with Crippen molar-refractivity contribution in [3.05, 3.63) is 35.1 Å². The highest BCUT2D eigenvalue weighted by Crippen LogP contribution is 2.33. The predicted molar refractivity (Wildman–Crippen MR) is 68.7 cm³/mol. The maximum Gasteiger partial charge on any atom is 0.419 e. The molecular weight excluding hydrogens is 274 g/mol.